The first kappa shape index (κ1) is 10.9. The second-order valence-electron chi connectivity index (χ2n) is 3.53. The molecule has 4 heteroatoms. The van der Waals surface area contributed by atoms with E-state index in [1.165, 1.54) is 0 Å². The monoisotopic (exact) mass is 174 g/mol. The van der Waals surface area contributed by atoms with Gasteiger partial charge in [-0.15, -0.1) is 0 Å². The van der Waals surface area contributed by atoms with Crippen LogP contribution in [-0.2, 0) is 14.3 Å². The molecule has 0 aromatic carbocycles. The van der Waals surface area contributed by atoms with Crippen molar-refractivity contribution < 1.29 is 19.4 Å². The van der Waals surface area contributed by atoms with Gasteiger partial charge in [0.15, 0.2) is 0 Å². The molecule has 0 aromatic rings. The molecule has 0 aromatic heterocycles. The van der Waals surface area contributed by atoms with Crippen LogP contribution in [0.4, 0.5) is 0 Å². The summed E-state index contributed by atoms with van der Waals surface area (Å²) in [5.74, 6) is -1.33. The summed E-state index contributed by atoms with van der Waals surface area (Å²) in [6, 6.07) is 0. The van der Waals surface area contributed by atoms with Gasteiger partial charge in [0.05, 0.1) is 11.8 Å². The first-order valence-corrected chi connectivity index (χ1v) is 3.73. The lowest BCUT2D eigenvalue weighted by atomic mass is 9.97. The Morgan fingerprint density at radius 3 is 2.17 bits per heavy atom. The van der Waals surface area contributed by atoms with Crippen molar-refractivity contribution in [3.63, 3.8) is 0 Å². The van der Waals surface area contributed by atoms with Crippen molar-refractivity contribution in [3.05, 3.63) is 0 Å². The maximum absolute atomic E-state index is 11.0. The van der Waals surface area contributed by atoms with Gasteiger partial charge in [0.1, 0.15) is 6.61 Å². The molecule has 0 fully saturated rings. The zero-order valence-corrected chi connectivity index (χ0v) is 7.59. The molecular formula is C8H14O4. The van der Waals surface area contributed by atoms with Crippen LogP contribution in [0.1, 0.15) is 27.2 Å². The topological polar surface area (TPSA) is 63.6 Å². The Morgan fingerprint density at radius 2 is 1.83 bits per heavy atom. The highest BCUT2D eigenvalue weighted by atomic mass is 16.5. The van der Waals surface area contributed by atoms with Crippen LogP contribution < -0.4 is 0 Å². The number of hydrogen-bond acceptors (Lipinski definition) is 3. The fraction of sp³-hybridized carbons (Fsp3) is 0.750. The van der Waals surface area contributed by atoms with E-state index >= 15 is 0 Å². The van der Waals surface area contributed by atoms with Crippen molar-refractivity contribution in [2.45, 2.75) is 27.2 Å². The zero-order valence-electron chi connectivity index (χ0n) is 7.59. The van der Waals surface area contributed by atoms with Crippen LogP contribution in [0.15, 0.2) is 0 Å². The van der Waals surface area contributed by atoms with E-state index in [9.17, 15) is 9.59 Å². The van der Waals surface area contributed by atoms with E-state index in [4.69, 9.17) is 9.84 Å². The number of ether oxygens (including phenoxy) is 1. The molecule has 4 nitrogen and oxygen atoms in total. The van der Waals surface area contributed by atoms with Crippen molar-refractivity contribution in [1.82, 2.24) is 0 Å². The van der Waals surface area contributed by atoms with Crippen LogP contribution in [-0.4, -0.2) is 23.7 Å². The lowest BCUT2D eigenvalue weighted by Crippen LogP contribution is -2.23. The molecule has 1 N–H and O–H groups in total. The minimum absolute atomic E-state index is 0.0502. The van der Waals surface area contributed by atoms with Crippen LogP contribution >= 0.6 is 0 Å². The molecule has 0 aliphatic heterocycles. The lowest BCUT2D eigenvalue weighted by Gasteiger charge is -2.15. The average Bonchev–Trinajstić information content (AvgIpc) is 1.84. The number of aliphatic carboxylic acids is 1. The molecule has 0 heterocycles. The van der Waals surface area contributed by atoms with Gasteiger partial charge in [-0.2, -0.15) is 0 Å². The summed E-state index contributed by atoms with van der Waals surface area (Å²) in [6.07, 6.45) is -0.137. The molecule has 0 amide bonds. The first-order valence-electron chi connectivity index (χ1n) is 3.73. The summed E-state index contributed by atoms with van der Waals surface area (Å²) in [5, 5.41) is 8.24. The second-order valence-corrected chi connectivity index (χ2v) is 3.53. The van der Waals surface area contributed by atoms with Gasteiger partial charge in [-0.25, -0.2) is 0 Å². The normalized spacial score (nSPS) is 10.9. The lowest BCUT2D eigenvalue weighted by molar-refractivity contribution is -0.154. The van der Waals surface area contributed by atoms with Gasteiger partial charge in [-0.3, -0.25) is 9.59 Å². The fourth-order valence-electron chi connectivity index (χ4n) is 0.448. The third-order valence-electron chi connectivity index (χ3n) is 1.16. The number of carboxylic acids is 1. The van der Waals surface area contributed by atoms with E-state index in [0.29, 0.717) is 0 Å². The number of carboxylic acid groups (broad SMARTS) is 1. The summed E-state index contributed by atoms with van der Waals surface area (Å²) in [5.41, 5.74) is -0.557. The Hall–Kier alpha value is -1.06. The minimum Gasteiger partial charge on any atom is -0.481 e. The molecular weight excluding hydrogens is 160 g/mol. The molecule has 0 aliphatic carbocycles. The van der Waals surface area contributed by atoms with Gasteiger partial charge in [-0.1, -0.05) is 0 Å². The van der Waals surface area contributed by atoms with E-state index < -0.39 is 11.4 Å². The third-order valence-corrected chi connectivity index (χ3v) is 1.16. The van der Waals surface area contributed by atoms with Crippen LogP contribution in [0.2, 0.25) is 0 Å². The molecule has 0 rings (SSSR count). The number of hydrogen-bond donors (Lipinski definition) is 1. The summed E-state index contributed by atoms with van der Waals surface area (Å²) < 4.78 is 4.70. The predicted octanol–water partition coefficient (Wildman–Crippen LogP) is 1.05. The molecule has 0 saturated carbocycles. The summed E-state index contributed by atoms with van der Waals surface area (Å²) in [7, 11) is 0. The summed E-state index contributed by atoms with van der Waals surface area (Å²) >= 11 is 0. The third kappa shape index (κ3) is 4.71. The Labute approximate surface area is 71.5 Å². The van der Waals surface area contributed by atoms with E-state index in [0.717, 1.165) is 0 Å². The van der Waals surface area contributed by atoms with E-state index in [1.54, 1.807) is 20.8 Å². The largest absolute Gasteiger partial charge is 0.481 e. The highest BCUT2D eigenvalue weighted by Gasteiger charge is 2.22. The van der Waals surface area contributed by atoms with Gasteiger partial charge in [0.25, 0.3) is 0 Å². The van der Waals surface area contributed by atoms with Crippen LogP contribution in [0, 0.1) is 5.41 Å². The second kappa shape index (κ2) is 4.09. The number of rotatable bonds is 3. The Balaban J connectivity index is 3.66. The minimum atomic E-state index is -0.961. The smallest absolute Gasteiger partial charge is 0.311 e. The highest BCUT2D eigenvalue weighted by Crippen LogP contribution is 2.14. The van der Waals surface area contributed by atoms with Crippen molar-refractivity contribution in [3.8, 4) is 0 Å². The van der Waals surface area contributed by atoms with Gasteiger partial charge >= 0.3 is 11.9 Å². The molecule has 0 aliphatic rings. The Morgan fingerprint density at radius 1 is 1.33 bits per heavy atom. The maximum atomic E-state index is 11.0. The fourth-order valence-corrected chi connectivity index (χ4v) is 0.448. The van der Waals surface area contributed by atoms with Crippen LogP contribution in [0.25, 0.3) is 0 Å². The molecule has 0 bridgehead atoms. The SMILES string of the molecule is CC(C)(C)C(=O)OCCC(=O)O. The molecule has 0 saturated heterocycles. The zero-order chi connectivity index (χ0) is 9.78. The van der Waals surface area contributed by atoms with Crippen molar-refractivity contribution in [2.75, 3.05) is 6.61 Å². The number of carbonyl (C=O) groups excluding carboxylic acids is 1. The van der Waals surface area contributed by atoms with Crippen LogP contribution in [0.5, 0.6) is 0 Å². The van der Waals surface area contributed by atoms with Crippen LogP contribution in [0.3, 0.4) is 0 Å². The average molecular weight is 174 g/mol. The van der Waals surface area contributed by atoms with E-state index in [-0.39, 0.29) is 19.0 Å². The molecule has 70 valence electrons. The number of esters is 1. The summed E-state index contributed by atoms with van der Waals surface area (Å²) in [4.78, 5) is 21.1. The molecule has 0 unspecified atom stereocenters. The molecule has 0 radical (unpaired) electrons. The van der Waals surface area contributed by atoms with E-state index in [2.05, 4.69) is 0 Å². The number of carbonyl (C=O) groups is 2. The van der Waals surface area contributed by atoms with Gasteiger partial charge in [0, 0.05) is 0 Å². The summed E-state index contributed by atoms with van der Waals surface area (Å²) in [6.45, 7) is 5.10. The van der Waals surface area contributed by atoms with Crippen molar-refractivity contribution in [1.29, 1.82) is 0 Å². The molecule has 0 atom stereocenters. The quantitative estimate of drug-likeness (QED) is 0.649. The van der Waals surface area contributed by atoms with E-state index in [1.807, 2.05) is 0 Å². The molecule has 12 heavy (non-hydrogen) atoms. The van der Waals surface area contributed by atoms with Gasteiger partial charge in [-0.05, 0) is 20.8 Å². The van der Waals surface area contributed by atoms with Crippen molar-refractivity contribution in [2.24, 2.45) is 5.41 Å². The van der Waals surface area contributed by atoms with Crippen molar-refractivity contribution >= 4 is 11.9 Å². The standard InChI is InChI=1S/C8H14O4/c1-8(2,3)7(11)12-5-4-6(9)10/h4-5H2,1-3H3,(H,9,10). The Bertz CT molecular complexity index is 178. The maximum Gasteiger partial charge on any atom is 0.311 e. The molecule has 0 spiro atoms. The predicted molar refractivity (Wildman–Crippen MR) is 42.7 cm³/mol. The van der Waals surface area contributed by atoms with Gasteiger partial charge < -0.3 is 9.84 Å². The first-order chi connectivity index (χ1) is 5.34. The highest BCUT2D eigenvalue weighted by molar-refractivity contribution is 5.75. The van der Waals surface area contributed by atoms with Gasteiger partial charge in [0.2, 0.25) is 0 Å². The Kier molecular flexibility index (Phi) is 3.73.